The quantitative estimate of drug-likeness (QED) is 0.311. The SMILES string of the molecule is CCc1ccc(NC(=O)C2=C(C)NC(SCC(=O)Nc3ccccc3CC)=C(C#N)[C@H]2c2ccco2)cc1. The van der Waals surface area contributed by atoms with Crippen LogP contribution in [-0.2, 0) is 22.4 Å². The Morgan fingerprint density at radius 2 is 1.79 bits per heavy atom. The first-order chi connectivity index (χ1) is 18.4. The summed E-state index contributed by atoms with van der Waals surface area (Å²) in [5, 5.41) is 19.8. The maximum Gasteiger partial charge on any atom is 0.254 e. The van der Waals surface area contributed by atoms with Gasteiger partial charge in [0.2, 0.25) is 5.91 Å². The summed E-state index contributed by atoms with van der Waals surface area (Å²) in [4.78, 5) is 26.3. The van der Waals surface area contributed by atoms with Crippen molar-refractivity contribution in [3.05, 3.63) is 106 Å². The van der Waals surface area contributed by atoms with Crippen LogP contribution < -0.4 is 16.0 Å². The second-order valence-electron chi connectivity index (χ2n) is 8.82. The molecule has 2 amide bonds. The highest BCUT2D eigenvalue weighted by molar-refractivity contribution is 8.03. The number of para-hydroxylation sites is 1. The molecule has 0 radical (unpaired) electrons. The molecule has 3 N–H and O–H groups in total. The summed E-state index contributed by atoms with van der Waals surface area (Å²) in [6.07, 6.45) is 3.23. The van der Waals surface area contributed by atoms with E-state index in [9.17, 15) is 14.9 Å². The Kier molecular flexibility index (Phi) is 8.72. The van der Waals surface area contributed by atoms with Crippen molar-refractivity contribution in [3.8, 4) is 6.07 Å². The van der Waals surface area contributed by atoms with Gasteiger partial charge in [-0.25, -0.2) is 0 Å². The lowest BCUT2D eigenvalue weighted by Crippen LogP contribution is -2.31. The van der Waals surface area contributed by atoms with E-state index >= 15 is 0 Å². The minimum atomic E-state index is -0.711. The molecule has 0 saturated carbocycles. The van der Waals surface area contributed by atoms with Crippen molar-refractivity contribution < 1.29 is 14.0 Å². The molecule has 1 aliphatic rings. The minimum absolute atomic E-state index is 0.0923. The van der Waals surface area contributed by atoms with Crippen LogP contribution in [0.2, 0.25) is 0 Å². The number of anilines is 2. The highest BCUT2D eigenvalue weighted by Crippen LogP contribution is 2.41. The number of thioether (sulfide) groups is 1. The first kappa shape index (κ1) is 26.8. The van der Waals surface area contributed by atoms with E-state index in [1.54, 1.807) is 19.1 Å². The van der Waals surface area contributed by atoms with Crippen LogP contribution in [0, 0.1) is 11.3 Å². The van der Waals surface area contributed by atoms with Crippen LogP contribution in [0.25, 0.3) is 0 Å². The summed E-state index contributed by atoms with van der Waals surface area (Å²) < 4.78 is 5.68. The van der Waals surface area contributed by atoms with Crippen molar-refractivity contribution in [1.82, 2.24) is 5.32 Å². The minimum Gasteiger partial charge on any atom is -0.468 e. The van der Waals surface area contributed by atoms with Crippen molar-refractivity contribution in [3.63, 3.8) is 0 Å². The van der Waals surface area contributed by atoms with E-state index in [4.69, 9.17) is 4.42 Å². The summed E-state index contributed by atoms with van der Waals surface area (Å²) >= 11 is 1.22. The van der Waals surface area contributed by atoms with E-state index in [1.807, 2.05) is 55.5 Å². The Bertz CT molecular complexity index is 1420. The molecule has 2 aromatic carbocycles. The maximum atomic E-state index is 13.5. The number of amides is 2. The smallest absolute Gasteiger partial charge is 0.254 e. The van der Waals surface area contributed by atoms with Crippen LogP contribution in [0.15, 0.2) is 93.2 Å². The average molecular weight is 527 g/mol. The van der Waals surface area contributed by atoms with Crippen LogP contribution in [0.5, 0.6) is 0 Å². The Labute approximate surface area is 227 Å². The third-order valence-electron chi connectivity index (χ3n) is 6.36. The molecule has 0 saturated heterocycles. The molecule has 0 fully saturated rings. The second kappa shape index (κ2) is 12.3. The summed E-state index contributed by atoms with van der Waals surface area (Å²) in [6.45, 7) is 5.90. The van der Waals surface area contributed by atoms with Crippen LogP contribution in [0.4, 0.5) is 11.4 Å². The van der Waals surface area contributed by atoms with Gasteiger partial charge in [-0.3, -0.25) is 9.59 Å². The fourth-order valence-electron chi connectivity index (χ4n) is 4.36. The first-order valence-electron chi connectivity index (χ1n) is 12.5. The number of dihydropyridines is 1. The van der Waals surface area contributed by atoms with E-state index in [-0.39, 0.29) is 17.6 Å². The number of furan rings is 1. The normalized spacial score (nSPS) is 15.1. The maximum absolute atomic E-state index is 13.5. The fourth-order valence-corrected chi connectivity index (χ4v) is 5.26. The van der Waals surface area contributed by atoms with E-state index < -0.39 is 5.92 Å². The molecular formula is C30H30N4O3S. The van der Waals surface area contributed by atoms with E-state index in [0.717, 1.165) is 24.1 Å². The fraction of sp³-hybridized carbons (Fsp3) is 0.233. The van der Waals surface area contributed by atoms with Crippen molar-refractivity contribution in [2.24, 2.45) is 0 Å². The standard InChI is InChI=1S/C30H30N4O3S/c1-4-20-12-14-22(15-13-20)33-29(36)27-19(3)32-30(23(17-31)28(27)25-11-8-16-37-25)38-18-26(35)34-24-10-7-6-9-21(24)5-2/h6-16,28,32H,4-5,18H2,1-3H3,(H,33,36)(H,34,35)/t28-/m0/s1. The molecule has 4 rings (SSSR count). The lowest BCUT2D eigenvalue weighted by Gasteiger charge is -2.28. The van der Waals surface area contributed by atoms with Crippen molar-refractivity contribution in [2.45, 2.75) is 39.5 Å². The molecular weight excluding hydrogens is 496 g/mol. The van der Waals surface area contributed by atoms with Gasteiger partial charge in [0, 0.05) is 17.1 Å². The molecule has 0 aliphatic carbocycles. The number of carbonyl (C=O) groups is 2. The molecule has 2 heterocycles. The van der Waals surface area contributed by atoms with Gasteiger partial charge in [0.25, 0.3) is 5.91 Å². The number of rotatable bonds is 9. The molecule has 194 valence electrons. The molecule has 1 aliphatic heterocycles. The summed E-state index contributed by atoms with van der Waals surface area (Å²) in [5.41, 5.74) is 4.97. The number of hydrogen-bond acceptors (Lipinski definition) is 6. The number of nitrogens with zero attached hydrogens (tertiary/aromatic N) is 1. The van der Waals surface area contributed by atoms with Gasteiger partial charge in [-0.1, -0.05) is 55.9 Å². The molecule has 1 atom stereocenters. The van der Waals surface area contributed by atoms with Gasteiger partial charge in [-0.05, 0) is 61.2 Å². The monoisotopic (exact) mass is 526 g/mol. The highest BCUT2D eigenvalue weighted by Gasteiger charge is 2.36. The first-order valence-corrected chi connectivity index (χ1v) is 13.5. The second-order valence-corrected chi connectivity index (χ2v) is 9.80. The van der Waals surface area contributed by atoms with Gasteiger partial charge in [0.1, 0.15) is 5.76 Å². The number of carbonyl (C=O) groups excluding carboxylic acids is 2. The highest BCUT2D eigenvalue weighted by atomic mass is 32.2. The zero-order valence-corrected chi connectivity index (χ0v) is 22.4. The summed E-state index contributed by atoms with van der Waals surface area (Å²) in [7, 11) is 0. The number of hydrogen-bond donors (Lipinski definition) is 3. The van der Waals surface area contributed by atoms with Gasteiger partial charge in [-0.15, -0.1) is 0 Å². The van der Waals surface area contributed by atoms with E-state index in [0.29, 0.717) is 33.3 Å². The van der Waals surface area contributed by atoms with Crippen molar-refractivity contribution in [2.75, 3.05) is 16.4 Å². The third kappa shape index (κ3) is 6.01. The zero-order chi connectivity index (χ0) is 27.1. The Morgan fingerprint density at radius 1 is 1.03 bits per heavy atom. The Morgan fingerprint density at radius 3 is 2.45 bits per heavy atom. The van der Waals surface area contributed by atoms with Gasteiger partial charge < -0.3 is 20.4 Å². The third-order valence-corrected chi connectivity index (χ3v) is 7.38. The van der Waals surface area contributed by atoms with Gasteiger partial charge in [-0.2, -0.15) is 5.26 Å². The molecule has 0 spiro atoms. The van der Waals surface area contributed by atoms with Gasteiger partial charge in [0.15, 0.2) is 0 Å². The van der Waals surface area contributed by atoms with Crippen LogP contribution >= 0.6 is 11.8 Å². The Balaban J connectivity index is 1.57. The number of aryl methyl sites for hydroxylation is 2. The number of nitriles is 1. The summed E-state index contributed by atoms with van der Waals surface area (Å²) in [6, 6.07) is 21.1. The molecule has 7 nitrogen and oxygen atoms in total. The lowest BCUT2D eigenvalue weighted by molar-refractivity contribution is -0.114. The van der Waals surface area contributed by atoms with Crippen LogP contribution in [0.3, 0.4) is 0 Å². The number of allylic oxidation sites excluding steroid dienone is 2. The Hall–Kier alpha value is -4.22. The molecule has 1 aromatic heterocycles. The van der Waals surface area contributed by atoms with Crippen molar-refractivity contribution >= 4 is 35.0 Å². The van der Waals surface area contributed by atoms with E-state index in [1.165, 1.54) is 23.6 Å². The number of benzene rings is 2. The van der Waals surface area contributed by atoms with Crippen LogP contribution in [-0.4, -0.2) is 17.6 Å². The van der Waals surface area contributed by atoms with Crippen LogP contribution in [0.1, 0.15) is 43.6 Å². The number of nitrogens with one attached hydrogen (secondary N) is 3. The predicted octanol–water partition coefficient (Wildman–Crippen LogP) is 6.11. The van der Waals surface area contributed by atoms with Crippen molar-refractivity contribution in [1.29, 1.82) is 5.26 Å². The largest absolute Gasteiger partial charge is 0.468 e. The van der Waals surface area contributed by atoms with E-state index in [2.05, 4.69) is 28.9 Å². The molecule has 0 bridgehead atoms. The van der Waals surface area contributed by atoms with Gasteiger partial charge >= 0.3 is 0 Å². The van der Waals surface area contributed by atoms with Gasteiger partial charge in [0.05, 0.1) is 40.2 Å². The molecule has 0 unspecified atom stereocenters. The molecule has 8 heteroatoms. The average Bonchev–Trinajstić information content (AvgIpc) is 3.47. The topological polar surface area (TPSA) is 107 Å². The lowest BCUT2D eigenvalue weighted by atomic mass is 9.85. The molecule has 3 aromatic rings. The molecule has 38 heavy (non-hydrogen) atoms. The predicted molar refractivity (Wildman–Crippen MR) is 151 cm³/mol. The summed E-state index contributed by atoms with van der Waals surface area (Å²) in [5.74, 6) is -0.649. The zero-order valence-electron chi connectivity index (χ0n) is 21.6.